The molecule has 1 amide bonds. The minimum Gasteiger partial charge on any atom is -0.305 e. The van der Waals surface area contributed by atoms with Crippen molar-refractivity contribution in [3.63, 3.8) is 0 Å². The van der Waals surface area contributed by atoms with Gasteiger partial charge in [0, 0.05) is 36.5 Å². The second kappa shape index (κ2) is 6.86. The Kier molecular flexibility index (Phi) is 4.62. The van der Waals surface area contributed by atoms with Crippen LogP contribution in [0, 0.1) is 0 Å². The van der Waals surface area contributed by atoms with Crippen LogP contribution in [0.4, 0.5) is 5.82 Å². The molecule has 0 atom stereocenters. The molecule has 0 spiro atoms. The van der Waals surface area contributed by atoms with Gasteiger partial charge in [-0.1, -0.05) is 12.1 Å². The van der Waals surface area contributed by atoms with Gasteiger partial charge in [0.25, 0.3) is 5.91 Å². The smallest absolute Gasteiger partial charge is 0.256 e. The third kappa shape index (κ3) is 4.30. The molecular formula is C17H16N4O3S. The average Bonchev–Trinajstić information content (AvgIpc) is 3.02. The van der Waals surface area contributed by atoms with Crippen molar-refractivity contribution < 1.29 is 13.2 Å². The quantitative estimate of drug-likeness (QED) is 0.754. The summed E-state index contributed by atoms with van der Waals surface area (Å²) in [6.45, 7) is 0.535. The number of nitrogens with one attached hydrogen (secondary N) is 1. The van der Waals surface area contributed by atoms with Crippen molar-refractivity contribution in [2.24, 2.45) is 0 Å². The Hall–Kier alpha value is -3.00. The standard InChI is InChI=1S/C17H16N4O3S/c1-25(23,24)15-6-2-5-14(10-15)17(22)19-16-7-9-21(20-16)12-13-4-3-8-18-11-13/h2-11H,12H2,1H3,(H,19,20,22). The Morgan fingerprint density at radius 3 is 2.76 bits per heavy atom. The lowest BCUT2D eigenvalue weighted by molar-refractivity contribution is 0.102. The summed E-state index contributed by atoms with van der Waals surface area (Å²) in [6.07, 6.45) is 6.29. The van der Waals surface area contributed by atoms with Crippen LogP contribution >= 0.6 is 0 Å². The summed E-state index contributed by atoms with van der Waals surface area (Å²) >= 11 is 0. The van der Waals surface area contributed by atoms with Crippen LogP contribution in [-0.4, -0.2) is 35.3 Å². The first-order chi connectivity index (χ1) is 11.9. The topological polar surface area (TPSA) is 94.0 Å². The van der Waals surface area contributed by atoms with Crippen LogP contribution in [-0.2, 0) is 16.4 Å². The minimum atomic E-state index is -3.37. The molecule has 7 nitrogen and oxygen atoms in total. The number of pyridine rings is 1. The maximum Gasteiger partial charge on any atom is 0.256 e. The molecule has 0 aliphatic rings. The van der Waals surface area contributed by atoms with Crippen molar-refractivity contribution in [2.45, 2.75) is 11.4 Å². The Labute approximate surface area is 145 Å². The van der Waals surface area contributed by atoms with E-state index in [1.807, 2.05) is 12.1 Å². The first-order valence-electron chi connectivity index (χ1n) is 7.46. The normalized spacial score (nSPS) is 11.2. The van der Waals surface area contributed by atoms with Gasteiger partial charge in [-0.2, -0.15) is 5.10 Å². The molecule has 0 fully saturated rings. The predicted octanol–water partition coefficient (Wildman–Crippen LogP) is 1.98. The van der Waals surface area contributed by atoms with E-state index in [1.165, 1.54) is 18.2 Å². The van der Waals surface area contributed by atoms with E-state index >= 15 is 0 Å². The summed E-state index contributed by atoms with van der Waals surface area (Å²) in [7, 11) is -3.37. The van der Waals surface area contributed by atoms with Gasteiger partial charge < -0.3 is 5.32 Å². The highest BCUT2D eigenvalue weighted by atomic mass is 32.2. The zero-order valence-electron chi connectivity index (χ0n) is 13.5. The lowest BCUT2D eigenvalue weighted by Gasteiger charge is -2.04. The van der Waals surface area contributed by atoms with Crippen molar-refractivity contribution in [1.82, 2.24) is 14.8 Å². The molecule has 1 aromatic carbocycles. The zero-order chi connectivity index (χ0) is 17.9. The van der Waals surface area contributed by atoms with E-state index in [9.17, 15) is 13.2 Å². The van der Waals surface area contributed by atoms with Gasteiger partial charge in [0.1, 0.15) is 0 Å². The van der Waals surface area contributed by atoms with Gasteiger partial charge in [-0.05, 0) is 29.8 Å². The van der Waals surface area contributed by atoms with Gasteiger partial charge in [-0.3, -0.25) is 14.5 Å². The number of nitrogens with zero attached hydrogens (tertiary/aromatic N) is 3. The van der Waals surface area contributed by atoms with Crippen molar-refractivity contribution >= 4 is 21.6 Å². The lowest BCUT2D eigenvalue weighted by Crippen LogP contribution is -2.13. The second-order valence-electron chi connectivity index (χ2n) is 5.51. The summed E-state index contributed by atoms with van der Waals surface area (Å²) in [6, 6.07) is 11.3. The Balaban J connectivity index is 1.72. The van der Waals surface area contributed by atoms with Gasteiger partial charge >= 0.3 is 0 Å². The number of sulfone groups is 1. The molecule has 0 aliphatic carbocycles. The molecule has 0 unspecified atom stereocenters. The zero-order valence-corrected chi connectivity index (χ0v) is 14.3. The third-order valence-corrected chi connectivity index (χ3v) is 4.58. The Morgan fingerprint density at radius 2 is 2.04 bits per heavy atom. The molecule has 0 radical (unpaired) electrons. The van der Waals surface area contributed by atoms with Crippen LogP contribution in [0.1, 0.15) is 15.9 Å². The van der Waals surface area contributed by atoms with E-state index in [1.54, 1.807) is 35.4 Å². The first-order valence-corrected chi connectivity index (χ1v) is 9.35. The number of rotatable bonds is 5. The highest BCUT2D eigenvalue weighted by molar-refractivity contribution is 7.90. The Morgan fingerprint density at radius 1 is 1.20 bits per heavy atom. The number of benzene rings is 1. The van der Waals surface area contributed by atoms with Crippen LogP contribution in [0.3, 0.4) is 0 Å². The SMILES string of the molecule is CS(=O)(=O)c1cccc(C(=O)Nc2ccn(Cc3cccnc3)n2)c1. The number of carbonyl (C=O) groups is 1. The van der Waals surface area contributed by atoms with Gasteiger partial charge in [0.2, 0.25) is 0 Å². The molecule has 0 aliphatic heterocycles. The second-order valence-corrected chi connectivity index (χ2v) is 7.53. The fraction of sp³-hybridized carbons (Fsp3) is 0.118. The van der Waals surface area contributed by atoms with Gasteiger partial charge in [0.05, 0.1) is 11.4 Å². The van der Waals surface area contributed by atoms with Crippen molar-refractivity contribution in [2.75, 3.05) is 11.6 Å². The minimum absolute atomic E-state index is 0.0993. The number of amides is 1. The summed E-state index contributed by atoms with van der Waals surface area (Å²) in [5.74, 6) is -0.0317. The number of hydrogen-bond acceptors (Lipinski definition) is 5. The van der Waals surface area contributed by atoms with Gasteiger partial charge in [0.15, 0.2) is 15.7 Å². The van der Waals surface area contributed by atoms with Crippen LogP contribution in [0.5, 0.6) is 0 Å². The molecule has 0 saturated heterocycles. The van der Waals surface area contributed by atoms with E-state index in [0.29, 0.717) is 12.4 Å². The summed E-state index contributed by atoms with van der Waals surface area (Å²) in [5, 5.41) is 6.94. The molecule has 0 bridgehead atoms. The molecule has 2 aromatic heterocycles. The highest BCUT2D eigenvalue weighted by Gasteiger charge is 2.12. The summed E-state index contributed by atoms with van der Waals surface area (Å²) in [5.41, 5.74) is 1.24. The van der Waals surface area contributed by atoms with Gasteiger partial charge in [-0.15, -0.1) is 0 Å². The molecule has 0 saturated carbocycles. The van der Waals surface area contributed by atoms with Crippen LogP contribution in [0.2, 0.25) is 0 Å². The number of aromatic nitrogens is 3. The first kappa shape index (κ1) is 16.8. The van der Waals surface area contributed by atoms with Crippen LogP contribution in [0.15, 0.2) is 66.0 Å². The van der Waals surface area contributed by atoms with Crippen molar-refractivity contribution in [3.05, 3.63) is 72.2 Å². The summed E-state index contributed by atoms with van der Waals surface area (Å²) < 4.78 is 24.9. The molecule has 1 N–H and O–H groups in total. The molecular weight excluding hydrogens is 340 g/mol. The largest absolute Gasteiger partial charge is 0.305 e. The number of carbonyl (C=O) groups excluding carboxylic acids is 1. The molecule has 3 aromatic rings. The summed E-state index contributed by atoms with van der Waals surface area (Å²) in [4.78, 5) is 16.4. The molecule has 8 heteroatoms. The molecule has 2 heterocycles. The number of hydrogen-bond donors (Lipinski definition) is 1. The monoisotopic (exact) mass is 356 g/mol. The van der Waals surface area contributed by atoms with E-state index in [4.69, 9.17) is 0 Å². The predicted molar refractivity (Wildman–Crippen MR) is 93.1 cm³/mol. The fourth-order valence-electron chi connectivity index (χ4n) is 2.25. The fourth-order valence-corrected chi connectivity index (χ4v) is 2.92. The van der Waals surface area contributed by atoms with Crippen molar-refractivity contribution in [1.29, 1.82) is 0 Å². The highest BCUT2D eigenvalue weighted by Crippen LogP contribution is 2.13. The molecule has 3 rings (SSSR count). The molecule has 128 valence electrons. The Bertz CT molecular complexity index is 997. The maximum atomic E-state index is 12.3. The lowest BCUT2D eigenvalue weighted by atomic mass is 10.2. The van der Waals surface area contributed by atoms with Crippen LogP contribution < -0.4 is 5.32 Å². The van der Waals surface area contributed by atoms with Crippen LogP contribution in [0.25, 0.3) is 0 Å². The maximum absolute atomic E-state index is 12.3. The number of anilines is 1. The molecule has 25 heavy (non-hydrogen) atoms. The van der Waals surface area contributed by atoms with Gasteiger partial charge in [-0.25, -0.2) is 8.42 Å². The van der Waals surface area contributed by atoms with E-state index in [0.717, 1.165) is 11.8 Å². The van der Waals surface area contributed by atoms with E-state index in [2.05, 4.69) is 15.4 Å². The van der Waals surface area contributed by atoms with E-state index < -0.39 is 15.7 Å². The third-order valence-electron chi connectivity index (χ3n) is 3.47. The average molecular weight is 356 g/mol. The van der Waals surface area contributed by atoms with Crippen molar-refractivity contribution in [3.8, 4) is 0 Å². The van der Waals surface area contributed by atoms with E-state index in [-0.39, 0.29) is 10.5 Å².